The highest BCUT2D eigenvalue weighted by molar-refractivity contribution is 8.14. The lowest BCUT2D eigenvalue weighted by Crippen LogP contribution is -2.37. The number of nitrogens with zero attached hydrogens (tertiary/aromatic N) is 1. The Morgan fingerprint density at radius 3 is 3.00 bits per heavy atom. The van der Waals surface area contributed by atoms with Crippen molar-refractivity contribution in [2.24, 2.45) is 4.99 Å². The van der Waals surface area contributed by atoms with Gasteiger partial charge in [0.25, 0.3) is 0 Å². The van der Waals surface area contributed by atoms with Crippen LogP contribution < -0.4 is 10.1 Å². The van der Waals surface area contributed by atoms with E-state index < -0.39 is 0 Å². The van der Waals surface area contributed by atoms with E-state index in [0.717, 1.165) is 34.9 Å². The minimum Gasteiger partial charge on any atom is -0.484 e. The number of nitrogens with one attached hydrogen (secondary N) is 1. The second-order valence-electron chi connectivity index (χ2n) is 5.96. The Bertz CT molecular complexity index is 580. The summed E-state index contributed by atoms with van der Waals surface area (Å²) in [4.78, 5) is 16.6. The maximum absolute atomic E-state index is 12.0. The van der Waals surface area contributed by atoms with Gasteiger partial charge in [-0.25, -0.2) is 4.99 Å². The van der Waals surface area contributed by atoms with Gasteiger partial charge in [-0.05, 0) is 37.5 Å². The molecule has 0 radical (unpaired) electrons. The number of fused-ring (bicyclic) bond motifs is 1. The summed E-state index contributed by atoms with van der Waals surface area (Å²) >= 11 is 1.47. The Morgan fingerprint density at radius 2 is 2.18 bits per heavy atom. The van der Waals surface area contributed by atoms with Gasteiger partial charge in [0.15, 0.2) is 0 Å². The van der Waals surface area contributed by atoms with Gasteiger partial charge in [0.2, 0.25) is 5.91 Å². The summed E-state index contributed by atoms with van der Waals surface area (Å²) in [6.07, 6.45) is 6.00. The first kappa shape index (κ1) is 15.4. The van der Waals surface area contributed by atoms with Crippen molar-refractivity contribution in [3.63, 3.8) is 0 Å². The molecular weight excluding hydrogens is 296 g/mol. The van der Waals surface area contributed by atoms with Crippen molar-refractivity contribution in [2.45, 2.75) is 45.1 Å². The molecule has 1 saturated carbocycles. The molecule has 0 saturated heterocycles. The van der Waals surface area contributed by atoms with Gasteiger partial charge in [-0.3, -0.25) is 4.79 Å². The van der Waals surface area contributed by atoms with Gasteiger partial charge >= 0.3 is 0 Å². The number of rotatable bonds is 3. The van der Waals surface area contributed by atoms with Crippen LogP contribution in [0.1, 0.15) is 37.7 Å². The number of carbonyl (C=O) groups excluding carboxylic acids is 1. The molecule has 0 spiro atoms. The molecule has 1 aliphatic carbocycles. The van der Waals surface area contributed by atoms with Gasteiger partial charge in [0, 0.05) is 6.04 Å². The average Bonchev–Trinajstić information content (AvgIpc) is 2.54. The first-order chi connectivity index (χ1) is 10.7. The van der Waals surface area contributed by atoms with Crippen LogP contribution in [0.3, 0.4) is 0 Å². The van der Waals surface area contributed by atoms with Gasteiger partial charge < -0.3 is 10.1 Å². The van der Waals surface area contributed by atoms with Crippen molar-refractivity contribution >= 4 is 28.4 Å². The van der Waals surface area contributed by atoms with E-state index in [1.54, 1.807) is 0 Å². The Kier molecular flexibility index (Phi) is 5.03. The quantitative estimate of drug-likeness (QED) is 0.926. The highest BCUT2D eigenvalue weighted by atomic mass is 32.2. The maximum Gasteiger partial charge on any atom is 0.230 e. The van der Waals surface area contributed by atoms with E-state index in [4.69, 9.17) is 4.74 Å². The summed E-state index contributed by atoms with van der Waals surface area (Å²) in [5.74, 6) is 1.35. The zero-order valence-corrected chi connectivity index (χ0v) is 13.7. The molecule has 0 atom stereocenters. The monoisotopic (exact) mass is 318 g/mol. The fourth-order valence-corrected chi connectivity index (χ4v) is 3.56. The largest absolute Gasteiger partial charge is 0.484 e. The van der Waals surface area contributed by atoms with Crippen LogP contribution in [0.4, 0.5) is 5.69 Å². The number of aryl methyl sites for hydroxylation is 1. The summed E-state index contributed by atoms with van der Waals surface area (Å²) in [5, 5.41) is 4.00. The highest BCUT2D eigenvalue weighted by Crippen LogP contribution is 2.33. The fraction of sp³-hybridized carbons (Fsp3) is 0.529. The number of benzene rings is 1. The van der Waals surface area contributed by atoms with E-state index in [2.05, 4.69) is 10.3 Å². The molecule has 0 aromatic heterocycles. The Morgan fingerprint density at radius 1 is 1.36 bits per heavy atom. The molecule has 1 aromatic carbocycles. The van der Waals surface area contributed by atoms with Crippen LogP contribution in [0.2, 0.25) is 0 Å². The van der Waals surface area contributed by atoms with Gasteiger partial charge in [0.05, 0.1) is 5.75 Å². The van der Waals surface area contributed by atoms with Gasteiger partial charge in [0.1, 0.15) is 23.1 Å². The van der Waals surface area contributed by atoms with Crippen molar-refractivity contribution in [1.29, 1.82) is 0 Å². The summed E-state index contributed by atoms with van der Waals surface area (Å²) in [6, 6.07) is 6.35. The van der Waals surface area contributed by atoms with E-state index >= 15 is 0 Å². The van der Waals surface area contributed by atoms with Crippen molar-refractivity contribution in [1.82, 2.24) is 5.32 Å². The standard InChI is InChI=1S/C17H22N2O2S/c1-12-7-8-14-15(9-12)21-10-17(19-14)22-11-16(20)18-13-5-3-2-4-6-13/h7-9,13H,2-6,10-11H2,1H3,(H,18,20). The first-order valence-electron chi connectivity index (χ1n) is 7.94. The summed E-state index contributed by atoms with van der Waals surface area (Å²) < 4.78 is 5.72. The van der Waals surface area contributed by atoms with E-state index in [1.165, 1.54) is 31.0 Å². The minimum absolute atomic E-state index is 0.106. The molecule has 22 heavy (non-hydrogen) atoms. The summed E-state index contributed by atoms with van der Waals surface area (Å²) in [7, 11) is 0. The molecule has 1 N–H and O–H groups in total. The highest BCUT2D eigenvalue weighted by Gasteiger charge is 2.18. The van der Waals surface area contributed by atoms with Crippen molar-refractivity contribution in [2.75, 3.05) is 12.4 Å². The first-order valence-corrected chi connectivity index (χ1v) is 8.92. The van der Waals surface area contributed by atoms with Crippen molar-refractivity contribution in [3.05, 3.63) is 23.8 Å². The third-order valence-corrected chi connectivity index (χ3v) is 5.00. The summed E-state index contributed by atoms with van der Waals surface area (Å²) in [6.45, 7) is 2.49. The number of aliphatic imine (C=N–C) groups is 1. The predicted molar refractivity (Wildman–Crippen MR) is 91.2 cm³/mol. The van der Waals surface area contributed by atoms with Crippen LogP contribution in [0.15, 0.2) is 23.2 Å². The van der Waals surface area contributed by atoms with Crippen LogP contribution in [-0.4, -0.2) is 29.4 Å². The van der Waals surface area contributed by atoms with E-state index in [1.807, 2.05) is 25.1 Å². The molecule has 0 bridgehead atoms. The number of carbonyl (C=O) groups is 1. The smallest absolute Gasteiger partial charge is 0.230 e. The molecule has 5 heteroatoms. The molecule has 1 amide bonds. The predicted octanol–water partition coefficient (Wildman–Crippen LogP) is 3.60. The Labute approximate surface area is 135 Å². The van der Waals surface area contributed by atoms with E-state index in [-0.39, 0.29) is 5.91 Å². The Hall–Kier alpha value is -1.49. The topological polar surface area (TPSA) is 50.7 Å². The summed E-state index contributed by atoms with van der Waals surface area (Å²) in [5.41, 5.74) is 2.02. The zero-order chi connectivity index (χ0) is 15.4. The number of hydrogen-bond donors (Lipinski definition) is 1. The number of thioether (sulfide) groups is 1. The normalized spacial score (nSPS) is 18.1. The van der Waals surface area contributed by atoms with E-state index in [0.29, 0.717) is 18.4 Å². The third-order valence-electron chi connectivity index (χ3n) is 4.05. The van der Waals surface area contributed by atoms with Crippen molar-refractivity contribution < 1.29 is 9.53 Å². The average molecular weight is 318 g/mol. The van der Waals surface area contributed by atoms with Crippen LogP contribution in [0.5, 0.6) is 5.75 Å². The van der Waals surface area contributed by atoms with Gasteiger partial charge in [-0.2, -0.15) is 0 Å². The second-order valence-corrected chi connectivity index (χ2v) is 7.01. The van der Waals surface area contributed by atoms with E-state index in [9.17, 15) is 4.79 Å². The lowest BCUT2D eigenvalue weighted by Gasteiger charge is -2.23. The third kappa shape index (κ3) is 4.03. The molecule has 1 aromatic rings. The SMILES string of the molecule is Cc1ccc2c(c1)OCC(SCC(=O)NC1CCCCC1)=N2. The molecule has 4 nitrogen and oxygen atoms in total. The molecule has 0 unspecified atom stereocenters. The number of amides is 1. The molecular formula is C17H22N2O2S. The van der Waals surface area contributed by atoms with Gasteiger partial charge in [-0.1, -0.05) is 37.1 Å². The van der Waals surface area contributed by atoms with Crippen molar-refractivity contribution in [3.8, 4) is 5.75 Å². The fourth-order valence-electron chi connectivity index (χ4n) is 2.87. The minimum atomic E-state index is 0.106. The zero-order valence-electron chi connectivity index (χ0n) is 12.9. The maximum atomic E-state index is 12.0. The molecule has 3 rings (SSSR count). The second kappa shape index (κ2) is 7.18. The molecule has 1 aliphatic heterocycles. The lowest BCUT2D eigenvalue weighted by molar-refractivity contribution is -0.119. The molecule has 1 fully saturated rings. The molecule has 118 valence electrons. The number of ether oxygens (including phenoxy) is 1. The van der Waals surface area contributed by atoms with Crippen LogP contribution >= 0.6 is 11.8 Å². The van der Waals surface area contributed by atoms with Gasteiger partial charge in [-0.15, -0.1) is 0 Å². The Balaban J connectivity index is 1.51. The molecule has 1 heterocycles. The van der Waals surface area contributed by atoms with Crippen LogP contribution in [0, 0.1) is 6.92 Å². The lowest BCUT2D eigenvalue weighted by atomic mass is 9.95. The van der Waals surface area contributed by atoms with Crippen LogP contribution in [-0.2, 0) is 4.79 Å². The molecule has 2 aliphatic rings. The van der Waals surface area contributed by atoms with Crippen LogP contribution in [0.25, 0.3) is 0 Å². The number of hydrogen-bond acceptors (Lipinski definition) is 4.